The lowest BCUT2D eigenvalue weighted by molar-refractivity contribution is -0.111. The second kappa shape index (κ2) is 8.64. The number of fused-ring (bicyclic) bond motifs is 5. The van der Waals surface area contributed by atoms with Gasteiger partial charge in [-0.25, -0.2) is 0 Å². The predicted molar refractivity (Wildman–Crippen MR) is 138 cm³/mol. The van der Waals surface area contributed by atoms with Crippen LogP contribution in [0.5, 0.6) is 5.75 Å². The Morgan fingerprint density at radius 1 is 1.28 bits per heavy atom. The van der Waals surface area contributed by atoms with Crippen molar-refractivity contribution in [1.82, 2.24) is 20.6 Å². The van der Waals surface area contributed by atoms with Crippen molar-refractivity contribution in [2.75, 3.05) is 25.5 Å². The standard InChI is InChI=1S/C28H29N5O3/c1-3-24(34)31-21-12-16(5-7-23(21)36-11-10-29-2)20-13-19-17(15-30-20)4-6-18-25-22(32-26(18)19)14-28(8-9-28)33-27(25)35/h3,5,7,12-13,15,29,32H,1,4,6,8-11,14H2,2H3,(H,31,34)(H,33,35). The number of likely N-dealkylation sites (N-methyl/N-ethyl adjacent to an activating group) is 1. The summed E-state index contributed by atoms with van der Waals surface area (Å²) in [5, 5.41) is 9.13. The smallest absolute Gasteiger partial charge is 0.253 e. The first-order chi connectivity index (χ1) is 17.5. The molecule has 1 saturated carbocycles. The first-order valence-electron chi connectivity index (χ1n) is 12.4. The van der Waals surface area contributed by atoms with Crippen LogP contribution in [0, 0.1) is 0 Å². The number of anilines is 1. The highest BCUT2D eigenvalue weighted by molar-refractivity contribution is 6.02. The van der Waals surface area contributed by atoms with E-state index in [-0.39, 0.29) is 17.4 Å². The normalized spacial score (nSPS) is 16.4. The molecule has 3 aromatic rings. The molecule has 1 fully saturated rings. The molecule has 1 spiro atoms. The number of H-pyrrole nitrogens is 1. The second-order valence-corrected chi connectivity index (χ2v) is 9.83. The third-order valence-corrected chi connectivity index (χ3v) is 7.38. The van der Waals surface area contributed by atoms with Gasteiger partial charge in [-0.05, 0) is 74.2 Å². The number of nitrogens with zero attached hydrogens (tertiary/aromatic N) is 1. The van der Waals surface area contributed by atoms with Crippen molar-refractivity contribution < 1.29 is 14.3 Å². The van der Waals surface area contributed by atoms with Crippen LogP contribution in [-0.4, -0.2) is 47.5 Å². The van der Waals surface area contributed by atoms with E-state index in [0.717, 1.165) is 71.4 Å². The molecule has 0 unspecified atom stereocenters. The molecule has 0 atom stereocenters. The van der Waals surface area contributed by atoms with Crippen LogP contribution in [0.15, 0.2) is 43.1 Å². The molecule has 8 heteroatoms. The molecule has 0 saturated heterocycles. The molecular formula is C28H29N5O3. The Labute approximate surface area is 209 Å². The van der Waals surface area contributed by atoms with Gasteiger partial charge in [0, 0.05) is 41.5 Å². The molecule has 6 rings (SSSR count). The number of amides is 2. The summed E-state index contributed by atoms with van der Waals surface area (Å²) in [5.41, 5.74) is 8.46. The SMILES string of the molecule is C=CC(=O)Nc1cc(-c2cc3c(cn2)CCc2c-3[nH]c3c2C(=O)NC2(CC2)C3)ccc1OCCNC. The van der Waals surface area contributed by atoms with Crippen molar-refractivity contribution in [1.29, 1.82) is 0 Å². The van der Waals surface area contributed by atoms with Crippen molar-refractivity contribution >= 4 is 17.5 Å². The van der Waals surface area contributed by atoms with Crippen molar-refractivity contribution in [3.05, 3.63) is 65.5 Å². The van der Waals surface area contributed by atoms with Gasteiger partial charge >= 0.3 is 0 Å². The number of carbonyl (C=O) groups excluding carboxylic acids is 2. The minimum atomic E-state index is -0.308. The minimum absolute atomic E-state index is 0.0347. The number of ether oxygens (including phenoxy) is 1. The van der Waals surface area contributed by atoms with E-state index in [1.165, 1.54) is 11.6 Å². The maximum atomic E-state index is 13.0. The van der Waals surface area contributed by atoms with Gasteiger partial charge in [0.25, 0.3) is 5.91 Å². The minimum Gasteiger partial charge on any atom is -0.490 e. The van der Waals surface area contributed by atoms with Gasteiger partial charge in [0.1, 0.15) is 12.4 Å². The highest BCUT2D eigenvalue weighted by atomic mass is 16.5. The summed E-state index contributed by atoms with van der Waals surface area (Å²) in [4.78, 5) is 33.4. The fourth-order valence-electron chi connectivity index (χ4n) is 5.31. The summed E-state index contributed by atoms with van der Waals surface area (Å²) in [6, 6.07) is 7.75. The van der Waals surface area contributed by atoms with Crippen LogP contribution in [0.3, 0.4) is 0 Å². The summed E-state index contributed by atoms with van der Waals surface area (Å²) < 4.78 is 5.85. The average Bonchev–Trinajstić information content (AvgIpc) is 3.50. The molecule has 8 nitrogen and oxygen atoms in total. The fraction of sp³-hybridized carbons (Fsp3) is 0.321. The largest absolute Gasteiger partial charge is 0.490 e. The lowest BCUT2D eigenvalue weighted by Gasteiger charge is -2.24. The zero-order valence-corrected chi connectivity index (χ0v) is 20.3. The molecule has 2 aromatic heterocycles. The maximum Gasteiger partial charge on any atom is 0.253 e. The number of carbonyl (C=O) groups is 2. The molecule has 1 aromatic carbocycles. The maximum absolute atomic E-state index is 13.0. The van der Waals surface area contributed by atoms with Gasteiger partial charge in [0.2, 0.25) is 5.91 Å². The molecule has 2 amide bonds. The van der Waals surface area contributed by atoms with Crippen molar-refractivity contribution in [2.45, 2.75) is 37.6 Å². The Morgan fingerprint density at radius 3 is 2.92 bits per heavy atom. The summed E-state index contributed by atoms with van der Waals surface area (Å²) >= 11 is 0. The Bertz CT molecular complexity index is 1400. The summed E-state index contributed by atoms with van der Waals surface area (Å²) in [6.07, 6.45) is 7.80. The second-order valence-electron chi connectivity index (χ2n) is 9.83. The molecule has 1 aliphatic heterocycles. The summed E-state index contributed by atoms with van der Waals surface area (Å²) in [5.74, 6) is 0.333. The van der Waals surface area contributed by atoms with Crippen molar-refractivity contribution in [2.24, 2.45) is 0 Å². The van der Waals surface area contributed by atoms with Gasteiger partial charge in [-0.1, -0.05) is 6.58 Å². The van der Waals surface area contributed by atoms with E-state index in [1.807, 2.05) is 31.4 Å². The highest BCUT2D eigenvalue weighted by Gasteiger charge is 2.49. The van der Waals surface area contributed by atoms with Crippen LogP contribution in [0.25, 0.3) is 22.5 Å². The number of aromatic nitrogens is 2. The number of hydrogen-bond donors (Lipinski definition) is 4. The molecule has 4 N–H and O–H groups in total. The van der Waals surface area contributed by atoms with E-state index in [1.54, 1.807) is 0 Å². The van der Waals surface area contributed by atoms with Gasteiger partial charge in [0.15, 0.2) is 0 Å². The lowest BCUT2D eigenvalue weighted by Crippen LogP contribution is -2.43. The first kappa shape index (κ1) is 22.5. The number of nitrogens with one attached hydrogen (secondary N) is 4. The third-order valence-electron chi connectivity index (χ3n) is 7.38. The van der Waals surface area contributed by atoms with E-state index in [2.05, 4.69) is 33.6 Å². The van der Waals surface area contributed by atoms with E-state index in [0.29, 0.717) is 24.6 Å². The van der Waals surface area contributed by atoms with E-state index < -0.39 is 0 Å². The van der Waals surface area contributed by atoms with Crippen LogP contribution in [-0.2, 0) is 24.1 Å². The van der Waals surface area contributed by atoms with E-state index in [9.17, 15) is 9.59 Å². The molecule has 36 heavy (non-hydrogen) atoms. The fourth-order valence-corrected chi connectivity index (χ4v) is 5.31. The Kier molecular flexibility index (Phi) is 5.41. The number of hydrogen-bond acceptors (Lipinski definition) is 5. The quantitative estimate of drug-likeness (QED) is 0.304. The van der Waals surface area contributed by atoms with Crippen LogP contribution < -0.4 is 20.7 Å². The van der Waals surface area contributed by atoms with E-state index >= 15 is 0 Å². The van der Waals surface area contributed by atoms with Gasteiger partial charge in [0.05, 0.1) is 22.6 Å². The van der Waals surface area contributed by atoms with E-state index in [4.69, 9.17) is 9.72 Å². The topological polar surface area (TPSA) is 108 Å². The molecule has 0 radical (unpaired) electrons. The van der Waals surface area contributed by atoms with Crippen LogP contribution in [0.1, 0.15) is 40.0 Å². The predicted octanol–water partition coefficient (Wildman–Crippen LogP) is 3.38. The van der Waals surface area contributed by atoms with Crippen LogP contribution in [0.2, 0.25) is 0 Å². The van der Waals surface area contributed by atoms with Gasteiger partial charge in [-0.15, -0.1) is 0 Å². The molecule has 2 aliphatic carbocycles. The Hall–Kier alpha value is -3.91. The number of pyridine rings is 1. The Balaban J connectivity index is 1.37. The summed E-state index contributed by atoms with van der Waals surface area (Å²) in [7, 11) is 1.86. The molecule has 0 bridgehead atoms. The molecular weight excluding hydrogens is 454 g/mol. The van der Waals surface area contributed by atoms with Crippen LogP contribution >= 0.6 is 0 Å². The zero-order valence-electron chi connectivity index (χ0n) is 20.3. The number of aromatic amines is 1. The molecule has 3 aliphatic rings. The monoisotopic (exact) mass is 483 g/mol. The lowest BCUT2D eigenvalue weighted by atomic mass is 9.87. The van der Waals surface area contributed by atoms with Crippen molar-refractivity contribution in [3.63, 3.8) is 0 Å². The van der Waals surface area contributed by atoms with Crippen molar-refractivity contribution in [3.8, 4) is 28.3 Å². The first-order valence-corrected chi connectivity index (χ1v) is 12.4. The van der Waals surface area contributed by atoms with Gasteiger partial charge in [-0.2, -0.15) is 0 Å². The Morgan fingerprint density at radius 2 is 2.14 bits per heavy atom. The average molecular weight is 484 g/mol. The molecule has 3 heterocycles. The third kappa shape index (κ3) is 3.87. The number of aryl methyl sites for hydroxylation is 1. The van der Waals surface area contributed by atoms with Gasteiger partial charge in [-0.3, -0.25) is 14.6 Å². The van der Waals surface area contributed by atoms with Gasteiger partial charge < -0.3 is 25.7 Å². The highest BCUT2D eigenvalue weighted by Crippen LogP contribution is 2.46. The number of rotatable bonds is 7. The summed E-state index contributed by atoms with van der Waals surface area (Å²) in [6.45, 7) is 4.71. The van der Waals surface area contributed by atoms with Crippen LogP contribution in [0.4, 0.5) is 5.69 Å². The zero-order chi connectivity index (χ0) is 24.9. The molecule has 184 valence electrons. The number of benzene rings is 1.